The molecule has 0 radical (unpaired) electrons. The molecular weight excluding hydrogens is 364 g/mol. The number of piperidine rings is 1. The number of carbonyl (C=O) groups is 1. The zero-order chi connectivity index (χ0) is 19.3. The molecule has 144 valence electrons. The van der Waals surface area contributed by atoms with Crippen LogP contribution in [0.1, 0.15) is 18.4 Å². The molecule has 1 aliphatic rings. The lowest BCUT2D eigenvalue weighted by Gasteiger charge is -2.31. The quantitative estimate of drug-likeness (QED) is 0.825. The topological polar surface area (TPSA) is 75.7 Å². The number of nitrogens with one attached hydrogen (secondary N) is 1. The summed E-state index contributed by atoms with van der Waals surface area (Å²) in [4.78, 5) is 12.7. The number of carbonyl (C=O) groups excluding carboxylic acids is 1. The second kappa shape index (κ2) is 8.54. The van der Waals surface area contributed by atoms with Gasteiger partial charge in [-0.15, -0.1) is 0 Å². The minimum atomic E-state index is -3.62. The van der Waals surface area contributed by atoms with Gasteiger partial charge in [0.1, 0.15) is 5.75 Å². The third kappa shape index (κ3) is 4.67. The molecule has 3 rings (SSSR count). The van der Waals surface area contributed by atoms with Gasteiger partial charge in [0.15, 0.2) is 0 Å². The SMILES string of the molecule is COc1ccc(S(=O)(=O)N2CCC[C@@H](C(=O)NCc3ccccc3)C2)cc1. The molecule has 1 saturated heterocycles. The summed E-state index contributed by atoms with van der Waals surface area (Å²) >= 11 is 0. The van der Waals surface area contributed by atoms with Gasteiger partial charge in [-0.25, -0.2) is 8.42 Å². The van der Waals surface area contributed by atoms with Crippen molar-refractivity contribution in [1.29, 1.82) is 0 Å². The van der Waals surface area contributed by atoms with E-state index < -0.39 is 10.0 Å². The van der Waals surface area contributed by atoms with Gasteiger partial charge >= 0.3 is 0 Å². The highest BCUT2D eigenvalue weighted by Crippen LogP contribution is 2.25. The van der Waals surface area contributed by atoms with E-state index in [1.807, 2.05) is 30.3 Å². The summed E-state index contributed by atoms with van der Waals surface area (Å²) in [6.07, 6.45) is 1.36. The maximum atomic E-state index is 12.9. The first-order chi connectivity index (χ1) is 13.0. The van der Waals surface area contributed by atoms with E-state index in [0.717, 1.165) is 5.56 Å². The number of sulfonamides is 1. The second-order valence-electron chi connectivity index (χ2n) is 6.58. The molecule has 7 heteroatoms. The number of methoxy groups -OCH3 is 1. The molecular formula is C20H24N2O4S. The number of nitrogens with zero attached hydrogens (tertiary/aromatic N) is 1. The van der Waals surface area contributed by atoms with Crippen LogP contribution in [-0.4, -0.2) is 38.8 Å². The van der Waals surface area contributed by atoms with Crippen LogP contribution in [0.3, 0.4) is 0 Å². The van der Waals surface area contributed by atoms with E-state index >= 15 is 0 Å². The van der Waals surface area contributed by atoms with Crippen LogP contribution in [0.5, 0.6) is 5.75 Å². The minimum Gasteiger partial charge on any atom is -0.497 e. The molecule has 0 aromatic heterocycles. The molecule has 1 fully saturated rings. The van der Waals surface area contributed by atoms with Crippen molar-refractivity contribution in [2.45, 2.75) is 24.3 Å². The Bertz CT molecular complexity index is 867. The Morgan fingerprint density at radius 2 is 1.85 bits per heavy atom. The van der Waals surface area contributed by atoms with Crippen molar-refractivity contribution < 1.29 is 17.9 Å². The van der Waals surface area contributed by atoms with Crippen molar-refractivity contribution in [2.75, 3.05) is 20.2 Å². The summed E-state index contributed by atoms with van der Waals surface area (Å²) in [6, 6.07) is 16.0. The molecule has 1 N–H and O–H groups in total. The van der Waals surface area contributed by atoms with Gasteiger partial charge in [0, 0.05) is 19.6 Å². The number of rotatable bonds is 6. The zero-order valence-electron chi connectivity index (χ0n) is 15.3. The van der Waals surface area contributed by atoms with Gasteiger partial charge in [0.25, 0.3) is 0 Å². The zero-order valence-corrected chi connectivity index (χ0v) is 16.1. The maximum Gasteiger partial charge on any atom is 0.243 e. The predicted octanol–water partition coefficient (Wildman–Crippen LogP) is 2.41. The van der Waals surface area contributed by atoms with Crippen LogP contribution in [0.2, 0.25) is 0 Å². The van der Waals surface area contributed by atoms with Crippen LogP contribution in [-0.2, 0) is 21.4 Å². The maximum absolute atomic E-state index is 12.9. The molecule has 1 amide bonds. The molecule has 1 atom stereocenters. The van der Waals surface area contributed by atoms with Crippen molar-refractivity contribution in [1.82, 2.24) is 9.62 Å². The molecule has 6 nitrogen and oxygen atoms in total. The van der Waals surface area contributed by atoms with Gasteiger partial charge in [0.05, 0.1) is 17.9 Å². The van der Waals surface area contributed by atoms with Crippen molar-refractivity contribution >= 4 is 15.9 Å². The molecule has 1 heterocycles. The van der Waals surface area contributed by atoms with E-state index in [1.165, 1.54) is 23.5 Å². The first-order valence-electron chi connectivity index (χ1n) is 8.96. The van der Waals surface area contributed by atoms with Gasteiger partial charge in [-0.2, -0.15) is 4.31 Å². The van der Waals surface area contributed by atoms with Crippen LogP contribution in [0, 0.1) is 5.92 Å². The van der Waals surface area contributed by atoms with Crippen molar-refractivity contribution in [2.24, 2.45) is 5.92 Å². The molecule has 0 unspecified atom stereocenters. The molecule has 0 bridgehead atoms. The van der Waals surface area contributed by atoms with E-state index in [2.05, 4.69) is 5.32 Å². The summed E-state index contributed by atoms with van der Waals surface area (Å²) in [5.74, 6) is 0.162. The fourth-order valence-corrected chi connectivity index (χ4v) is 4.72. The fraction of sp³-hybridized carbons (Fsp3) is 0.350. The average molecular weight is 388 g/mol. The van der Waals surface area contributed by atoms with Crippen molar-refractivity contribution in [3.8, 4) is 5.75 Å². The fourth-order valence-electron chi connectivity index (χ4n) is 3.20. The number of benzene rings is 2. The van der Waals surface area contributed by atoms with E-state index in [0.29, 0.717) is 31.7 Å². The van der Waals surface area contributed by atoms with E-state index in [1.54, 1.807) is 12.1 Å². The van der Waals surface area contributed by atoms with E-state index in [9.17, 15) is 13.2 Å². The predicted molar refractivity (Wildman–Crippen MR) is 103 cm³/mol. The van der Waals surface area contributed by atoms with Gasteiger partial charge in [-0.3, -0.25) is 4.79 Å². The highest BCUT2D eigenvalue weighted by atomic mass is 32.2. The third-order valence-corrected chi connectivity index (χ3v) is 6.64. The minimum absolute atomic E-state index is 0.103. The van der Waals surface area contributed by atoms with Crippen LogP contribution < -0.4 is 10.1 Å². The monoisotopic (exact) mass is 388 g/mol. The van der Waals surface area contributed by atoms with Crippen LogP contribution in [0.25, 0.3) is 0 Å². The third-order valence-electron chi connectivity index (χ3n) is 4.76. The Morgan fingerprint density at radius 3 is 2.52 bits per heavy atom. The summed E-state index contributed by atoms with van der Waals surface area (Å²) in [5, 5.41) is 2.92. The molecule has 27 heavy (non-hydrogen) atoms. The highest BCUT2D eigenvalue weighted by molar-refractivity contribution is 7.89. The van der Waals surface area contributed by atoms with Crippen LogP contribution in [0.15, 0.2) is 59.5 Å². The second-order valence-corrected chi connectivity index (χ2v) is 8.52. The number of hydrogen-bond donors (Lipinski definition) is 1. The first kappa shape index (κ1) is 19.4. The molecule has 0 saturated carbocycles. The number of amides is 1. The standard InChI is InChI=1S/C20H24N2O4S/c1-26-18-9-11-19(12-10-18)27(24,25)22-13-5-8-17(15-22)20(23)21-14-16-6-3-2-4-7-16/h2-4,6-7,9-12,17H,5,8,13-15H2,1H3,(H,21,23)/t17-/m1/s1. The van der Waals surface area contributed by atoms with Gasteiger partial charge in [0.2, 0.25) is 15.9 Å². The van der Waals surface area contributed by atoms with Crippen LogP contribution in [0.4, 0.5) is 0 Å². The number of ether oxygens (including phenoxy) is 1. The lowest BCUT2D eigenvalue weighted by Crippen LogP contribution is -2.45. The number of hydrogen-bond acceptors (Lipinski definition) is 4. The van der Waals surface area contributed by atoms with E-state index in [-0.39, 0.29) is 23.3 Å². The smallest absolute Gasteiger partial charge is 0.243 e. The first-order valence-corrected chi connectivity index (χ1v) is 10.4. The Morgan fingerprint density at radius 1 is 1.15 bits per heavy atom. The summed E-state index contributed by atoms with van der Waals surface area (Å²) in [6.45, 7) is 1.08. The Balaban J connectivity index is 1.64. The summed E-state index contributed by atoms with van der Waals surface area (Å²) < 4.78 is 32.3. The Kier molecular flexibility index (Phi) is 6.13. The summed E-state index contributed by atoms with van der Waals surface area (Å²) in [5.41, 5.74) is 1.02. The Labute approximate surface area is 160 Å². The lowest BCUT2D eigenvalue weighted by atomic mass is 9.99. The molecule has 2 aromatic rings. The van der Waals surface area contributed by atoms with Crippen LogP contribution >= 0.6 is 0 Å². The summed E-state index contributed by atoms with van der Waals surface area (Å²) in [7, 11) is -2.09. The molecule has 0 spiro atoms. The molecule has 2 aromatic carbocycles. The van der Waals surface area contributed by atoms with Gasteiger partial charge < -0.3 is 10.1 Å². The molecule has 1 aliphatic heterocycles. The normalized spacial score (nSPS) is 18.0. The average Bonchev–Trinajstić information content (AvgIpc) is 2.73. The highest BCUT2D eigenvalue weighted by Gasteiger charge is 2.33. The molecule has 0 aliphatic carbocycles. The van der Waals surface area contributed by atoms with E-state index in [4.69, 9.17) is 4.74 Å². The van der Waals surface area contributed by atoms with Gasteiger partial charge in [-0.05, 0) is 42.7 Å². The lowest BCUT2D eigenvalue weighted by molar-refractivity contribution is -0.126. The van der Waals surface area contributed by atoms with Crippen molar-refractivity contribution in [3.05, 3.63) is 60.2 Å². The largest absolute Gasteiger partial charge is 0.497 e. The Hall–Kier alpha value is -2.38. The van der Waals surface area contributed by atoms with Gasteiger partial charge in [-0.1, -0.05) is 30.3 Å². The van der Waals surface area contributed by atoms with Crippen molar-refractivity contribution in [3.63, 3.8) is 0 Å².